The minimum atomic E-state index is -0.833. The maximum atomic E-state index is 14.7. The van der Waals surface area contributed by atoms with E-state index < -0.39 is 6.17 Å². The van der Waals surface area contributed by atoms with E-state index >= 15 is 0 Å². The molecule has 0 aromatic carbocycles. The summed E-state index contributed by atoms with van der Waals surface area (Å²) in [6.45, 7) is 1.75. The van der Waals surface area contributed by atoms with E-state index in [0.29, 0.717) is 24.4 Å². The molecule has 4 aliphatic carbocycles. The maximum Gasteiger partial charge on any atom is 0.127 e. The average molecular weight is 433 g/mol. The van der Waals surface area contributed by atoms with Crippen molar-refractivity contribution in [1.82, 2.24) is 0 Å². The van der Waals surface area contributed by atoms with Gasteiger partial charge in [-0.2, -0.15) is 0 Å². The Kier molecular flexibility index (Phi) is 9.58. The van der Waals surface area contributed by atoms with Crippen molar-refractivity contribution in [2.24, 2.45) is 23.7 Å². The maximum absolute atomic E-state index is 14.7. The van der Waals surface area contributed by atoms with Crippen LogP contribution in [0.1, 0.15) is 109 Å². The largest absolute Gasteiger partial charge is 0.378 e. The lowest BCUT2D eigenvalue weighted by Gasteiger charge is -2.31. The van der Waals surface area contributed by atoms with Crippen LogP contribution in [-0.2, 0) is 9.47 Å². The van der Waals surface area contributed by atoms with E-state index in [1.54, 1.807) is 0 Å². The molecule has 0 radical (unpaired) electrons. The molecule has 0 aromatic rings. The predicted molar refractivity (Wildman–Crippen MR) is 125 cm³/mol. The van der Waals surface area contributed by atoms with Crippen molar-refractivity contribution in [3.63, 3.8) is 0 Å². The zero-order valence-corrected chi connectivity index (χ0v) is 19.7. The van der Waals surface area contributed by atoms with Gasteiger partial charge in [-0.05, 0) is 82.5 Å². The third-order valence-electron chi connectivity index (χ3n) is 8.44. The van der Waals surface area contributed by atoms with Crippen LogP contribution in [0, 0.1) is 35.5 Å². The Morgan fingerprint density at radius 2 is 1.13 bits per heavy atom. The van der Waals surface area contributed by atoms with E-state index in [-0.39, 0.29) is 12.0 Å². The summed E-state index contributed by atoms with van der Waals surface area (Å²) < 4.78 is 27.0. The van der Waals surface area contributed by atoms with Crippen LogP contribution in [0.15, 0.2) is 0 Å². The van der Waals surface area contributed by atoms with Crippen molar-refractivity contribution in [3.8, 4) is 11.8 Å². The van der Waals surface area contributed by atoms with Crippen LogP contribution in [0.4, 0.5) is 4.39 Å². The minimum Gasteiger partial charge on any atom is -0.378 e. The van der Waals surface area contributed by atoms with Crippen molar-refractivity contribution < 1.29 is 13.9 Å². The molecule has 3 unspecified atom stereocenters. The summed E-state index contributed by atoms with van der Waals surface area (Å²) in [4.78, 5) is 0. The van der Waals surface area contributed by atoms with Gasteiger partial charge in [0.2, 0.25) is 0 Å². The molecule has 4 saturated carbocycles. The Bertz CT molecular complexity index is 561. The molecule has 4 rings (SSSR count). The Morgan fingerprint density at radius 1 is 0.581 bits per heavy atom. The zero-order valence-electron chi connectivity index (χ0n) is 19.7. The van der Waals surface area contributed by atoms with Gasteiger partial charge in [0.15, 0.2) is 0 Å². The summed E-state index contributed by atoms with van der Waals surface area (Å²) in [6, 6.07) is 0. The van der Waals surface area contributed by atoms with Crippen molar-refractivity contribution in [3.05, 3.63) is 0 Å². The highest BCUT2D eigenvalue weighted by Crippen LogP contribution is 2.32. The predicted octanol–water partition coefficient (Wildman–Crippen LogP) is 7.25. The summed E-state index contributed by atoms with van der Waals surface area (Å²) in [5, 5.41) is 0. The van der Waals surface area contributed by atoms with Gasteiger partial charge < -0.3 is 9.47 Å². The molecule has 4 aliphatic rings. The molecule has 3 atom stereocenters. The highest BCUT2D eigenvalue weighted by Gasteiger charge is 2.31. The number of ether oxygens (including phenoxy) is 2. The monoisotopic (exact) mass is 432 g/mol. The number of alkyl halides is 1. The van der Waals surface area contributed by atoms with Gasteiger partial charge in [0.25, 0.3) is 0 Å². The number of hydrogen-bond acceptors (Lipinski definition) is 2. The topological polar surface area (TPSA) is 18.5 Å². The standard InChI is InChI=1S/C28H45FO2/c29-27-19-23(15-18-28(27)31-21-25-9-5-2-6-10-25)12-11-22-13-16-26(17-14-22)30-20-24-7-3-1-4-8-24/h22-28H,1-10,13-21H2. The van der Waals surface area contributed by atoms with E-state index in [1.165, 1.54) is 64.2 Å². The molecule has 0 heterocycles. The van der Waals surface area contributed by atoms with Crippen molar-refractivity contribution in [2.75, 3.05) is 13.2 Å². The third-order valence-corrected chi connectivity index (χ3v) is 8.44. The van der Waals surface area contributed by atoms with Crippen LogP contribution in [-0.4, -0.2) is 31.6 Å². The molecule has 0 aromatic heterocycles. The second-order valence-corrected chi connectivity index (χ2v) is 11.0. The van der Waals surface area contributed by atoms with Gasteiger partial charge in [-0.25, -0.2) is 4.39 Å². The van der Waals surface area contributed by atoms with Crippen LogP contribution < -0.4 is 0 Å². The zero-order chi connectivity index (χ0) is 21.3. The van der Waals surface area contributed by atoms with E-state index in [9.17, 15) is 4.39 Å². The fraction of sp³-hybridized carbons (Fsp3) is 0.929. The number of halogens is 1. The van der Waals surface area contributed by atoms with Crippen LogP contribution in [0.2, 0.25) is 0 Å². The van der Waals surface area contributed by atoms with Gasteiger partial charge in [0.1, 0.15) is 6.17 Å². The molecule has 0 bridgehead atoms. The average Bonchev–Trinajstić information content (AvgIpc) is 2.83. The lowest BCUT2D eigenvalue weighted by Crippen LogP contribution is -2.34. The molecule has 0 saturated heterocycles. The highest BCUT2D eigenvalue weighted by molar-refractivity contribution is 5.10. The van der Waals surface area contributed by atoms with E-state index in [4.69, 9.17) is 9.47 Å². The number of hydrogen-bond donors (Lipinski definition) is 0. The summed E-state index contributed by atoms with van der Waals surface area (Å²) in [5.41, 5.74) is 0. The second-order valence-electron chi connectivity index (χ2n) is 11.0. The summed E-state index contributed by atoms with van der Waals surface area (Å²) in [5.74, 6) is 9.18. The first-order valence-corrected chi connectivity index (χ1v) is 13.6. The molecule has 4 fully saturated rings. The van der Waals surface area contributed by atoms with Crippen molar-refractivity contribution >= 4 is 0 Å². The first kappa shape index (κ1) is 23.6. The van der Waals surface area contributed by atoms with E-state index in [2.05, 4.69) is 11.8 Å². The fourth-order valence-corrected chi connectivity index (χ4v) is 6.26. The molecular weight excluding hydrogens is 387 g/mol. The summed E-state index contributed by atoms with van der Waals surface area (Å²) in [6.07, 6.45) is 19.9. The van der Waals surface area contributed by atoms with Crippen LogP contribution in [0.5, 0.6) is 0 Å². The van der Waals surface area contributed by atoms with Crippen LogP contribution in [0.25, 0.3) is 0 Å². The van der Waals surface area contributed by atoms with Crippen molar-refractivity contribution in [1.29, 1.82) is 0 Å². The first-order chi connectivity index (χ1) is 15.3. The SMILES string of the molecule is FC1CC(C#CC2CCC(OCC3CCCCC3)CC2)CCC1OCC1CCCCC1. The van der Waals surface area contributed by atoms with E-state index in [0.717, 1.165) is 57.7 Å². The Labute approximate surface area is 190 Å². The third kappa shape index (κ3) is 7.75. The van der Waals surface area contributed by atoms with Crippen molar-refractivity contribution in [2.45, 2.75) is 128 Å². The molecule has 176 valence electrons. The molecule has 3 heteroatoms. The molecule has 0 N–H and O–H groups in total. The smallest absolute Gasteiger partial charge is 0.127 e. The lowest BCUT2D eigenvalue weighted by molar-refractivity contribution is -0.0478. The van der Waals surface area contributed by atoms with E-state index in [1.807, 2.05) is 0 Å². The van der Waals surface area contributed by atoms with Crippen LogP contribution >= 0.6 is 0 Å². The Morgan fingerprint density at radius 3 is 1.74 bits per heavy atom. The summed E-state index contributed by atoms with van der Waals surface area (Å²) in [7, 11) is 0. The molecule has 2 nitrogen and oxygen atoms in total. The molecule has 0 amide bonds. The highest BCUT2D eigenvalue weighted by atomic mass is 19.1. The van der Waals surface area contributed by atoms with Crippen LogP contribution in [0.3, 0.4) is 0 Å². The quantitative estimate of drug-likeness (QED) is 0.412. The Balaban J connectivity index is 1.11. The Hall–Kier alpha value is -0.590. The first-order valence-electron chi connectivity index (χ1n) is 13.6. The van der Waals surface area contributed by atoms with Gasteiger partial charge in [-0.15, -0.1) is 0 Å². The second kappa shape index (κ2) is 12.6. The van der Waals surface area contributed by atoms with Gasteiger partial charge in [0.05, 0.1) is 12.2 Å². The fourth-order valence-electron chi connectivity index (χ4n) is 6.26. The summed E-state index contributed by atoms with van der Waals surface area (Å²) >= 11 is 0. The van der Waals surface area contributed by atoms with Gasteiger partial charge >= 0.3 is 0 Å². The molecule has 0 aliphatic heterocycles. The molecule has 0 spiro atoms. The lowest BCUT2D eigenvalue weighted by atomic mass is 9.84. The normalized spacial score (nSPS) is 36.0. The van der Waals surface area contributed by atoms with Gasteiger partial charge in [0, 0.05) is 25.0 Å². The number of rotatable bonds is 6. The van der Waals surface area contributed by atoms with Gasteiger partial charge in [-0.3, -0.25) is 0 Å². The molecule has 31 heavy (non-hydrogen) atoms. The molecular formula is C28H45FO2. The van der Waals surface area contributed by atoms with Gasteiger partial charge in [-0.1, -0.05) is 50.4 Å². The minimum absolute atomic E-state index is 0.184.